The minimum Gasteiger partial charge on any atom is -0.356 e. The Kier molecular flexibility index (Phi) is 3.66. The average molecular weight is 301 g/mol. The lowest BCUT2D eigenvalue weighted by molar-refractivity contribution is 0.874. The molecule has 0 amide bonds. The highest BCUT2D eigenvalue weighted by molar-refractivity contribution is 7.20. The molecule has 0 aliphatic heterocycles. The first-order valence-corrected chi connectivity index (χ1v) is 7.52. The fraction of sp³-hybridized carbons (Fsp3) is 0.286. The molecule has 0 saturated heterocycles. The molecule has 0 spiro atoms. The summed E-state index contributed by atoms with van der Waals surface area (Å²) in [4.78, 5) is 21.0. The Labute approximate surface area is 125 Å². The second-order valence-corrected chi connectivity index (χ2v) is 5.65. The second kappa shape index (κ2) is 5.61. The van der Waals surface area contributed by atoms with E-state index >= 15 is 0 Å². The highest BCUT2D eigenvalue weighted by Gasteiger charge is 2.08. The molecule has 0 atom stereocenters. The molecule has 7 heteroatoms. The Bertz CT molecular complexity index is 839. The van der Waals surface area contributed by atoms with Gasteiger partial charge in [0.05, 0.1) is 0 Å². The molecule has 6 nitrogen and oxygen atoms in total. The predicted octanol–water partition coefficient (Wildman–Crippen LogP) is 2.03. The first-order chi connectivity index (χ1) is 10.2. The highest BCUT2D eigenvalue weighted by atomic mass is 32.1. The molecule has 108 valence electrons. The quantitative estimate of drug-likeness (QED) is 0.798. The van der Waals surface area contributed by atoms with E-state index in [0.29, 0.717) is 16.6 Å². The Morgan fingerprint density at radius 3 is 3.05 bits per heavy atom. The summed E-state index contributed by atoms with van der Waals surface area (Å²) in [6.45, 7) is 4.64. The fourth-order valence-corrected chi connectivity index (χ4v) is 2.80. The van der Waals surface area contributed by atoms with Crippen molar-refractivity contribution in [1.82, 2.24) is 19.6 Å². The van der Waals surface area contributed by atoms with Gasteiger partial charge >= 0.3 is 0 Å². The van der Waals surface area contributed by atoms with Crippen LogP contribution in [0.5, 0.6) is 0 Å². The third-order valence-electron chi connectivity index (χ3n) is 3.23. The number of hydrogen-bond donors (Lipinski definition) is 1. The topological polar surface area (TPSA) is 72.2 Å². The first kappa shape index (κ1) is 13.7. The van der Waals surface area contributed by atoms with Gasteiger partial charge in [0.15, 0.2) is 0 Å². The summed E-state index contributed by atoms with van der Waals surface area (Å²) in [6.07, 6.45) is 4.33. The SMILES string of the molecule is CCc1cc(=O)n2nc(NCc3ccncc3C)sc2n1. The normalized spacial score (nSPS) is 11.0. The predicted molar refractivity (Wildman–Crippen MR) is 82.8 cm³/mol. The average Bonchev–Trinajstić information content (AvgIpc) is 2.90. The van der Waals surface area contributed by atoms with Gasteiger partial charge in [-0.3, -0.25) is 9.78 Å². The minimum absolute atomic E-state index is 0.138. The lowest BCUT2D eigenvalue weighted by Gasteiger charge is -2.04. The zero-order valence-corrected chi connectivity index (χ0v) is 12.6. The van der Waals surface area contributed by atoms with Gasteiger partial charge in [-0.2, -0.15) is 4.52 Å². The third kappa shape index (κ3) is 2.78. The van der Waals surface area contributed by atoms with Crippen LogP contribution in [0.1, 0.15) is 23.7 Å². The van der Waals surface area contributed by atoms with Crippen molar-refractivity contribution >= 4 is 21.4 Å². The number of anilines is 1. The summed E-state index contributed by atoms with van der Waals surface area (Å²) < 4.78 is 1.34. The van der Waals surface area contributed by atoms with Crippen molar-refractivity contribution in [3.8, 4) is 0 Å². The van der Waals surface area contributed by atoms with Gasteiger partial charge in [0, 0.05) is 30.7 Å². The summed E-state index contributed by atoms with van der Waals surface area (Å²) in [6, 6.07) is 3.50. The van der Waals surface area contributed by atoms with Crippen LogP contribution in [0, 0.1) is 6.92 Å². The number of fused-ring (bicyclic) bond motifs is 1. The smallest absolute Gasteiger partial charge is 0.275 e. The van der Waals surface area contributed by atoms with E-state index in [0.717, 1.165) is 23.2 Å². The molecule has 1 N–H and O–H groups in total. The summed E-state index contributed by atoms with van der Waals surface area (Å²) >= 11 is 1.38. The van der Waals surface area contributed by atoms with E-state index in [9.17, 15) is 4.79 Å². The van der Waals surface area contributed by atoms with E-state index in [2.05, 4.69) is 20.4 Å². The van der Waals surface area contributed by atoms with Crippen LogP contribution in [-0.2, 0) is 13.0 Å². The van der Waals surface area contributed by atoms with Gasteiger partial charge in [0.25, 0.3) is 5.56 Å². The van der Waals surface area contributed by atoms with Crippen molar-refractivity contribution in [2.45, 2.75) is 26.8 Å². The fourth-order valence-electron chi connectivity index (χ4n) is 1.98. The lowest BCUT2D eigenvalue weighted by Crippen LogP contribution is -2.15. The monoisotopic (exact) mass is 301 g/mol. The lowest BCUT2D eigenvalue weighted by atomic mass is 10.2. The van der Waals surface area contributed by atoms with Crippen LogP contribution < -0.4 is 10.9 Å². The highest BCUT2D eigenvalue weighted by Crippen LogP contribution is 2.18. The van der Waals surface area contributed by atoms with E-state index in [4.69, 9.17) is 0 Å². The Morgan fingerprint density at radius 2 is 2.29 bits per heavy atom. The van der Waals surface area contributed by atoms with Gasteiger partial charge in [-0.05, 0) is 30.5 Å². The molecule has 21 heavy (non-hydrogen) atoms. The summed E-state index contributed by atoms with van der Waals surface area (Å²) in [7, 11) is 0. The van der Waals surface area contributed by atoms with E-state index in [1.165, 1.54) is 21.9 Å². The first-order valence-electron chi connectivity index (χ1n) is 6.70. The molecule has 3 heterocycles. The molecule has 0 radical (unpaired) electrons. The van der Waals surface area contributed by atoms with Crippen molar-refractivity contribution in [2.75, 3.05) is 5.32 Å². The van der Waals surface area contributed by atoms with Crippen molar-refractivity contribution in [3.63, 3.8) is 0 Å². The Balaban J connectivity index is 1.87. The summed E-state index contributed by atoms with van der Waals surface area (Å²) in [5.41, 5.74) is 2.93. The standard InChI is InChI=1S/C14H15N5OS/c1-3-11-6-12(20)19-14(17-11)21-13(18-19)16-8-10-4-5-15-7-9(10)2/h4-7H,3,8H2,1-2H3,(H,16,18). The maximum Gasteiger partial charge on any atom is 0.275 e. The van der Waals surface area contributed by atoms with Gasteiger partial charge in [0.1, 0.15) is 0 Å². The van der Waals surface area contributed by atoms with Gasteiger partial charge < -0.3 is 5.32 Å². The van der Waals surface area contributed by atoms with Crippen LogP contribution in [0.3, 0.4) is 0 Å². The van der Waals surface area contributed by atoms with Crippen molar-refractivity contribution in [1.29, 1.82) is 0 Å². The van der Waals surface area contributed by atoms with Gasteiger partial charge in [-0.1, -0.05) is 18.3 Å². The second-order valence-electron chi connectivity index (χ2n) is 4.70. The molecule has 0 bridgehead atoms. The minimum atomic E-state index is -0.138. The van der Waals surface area contributed by atoms with Gasteiger partial charge in [-0.25, -0.2) is 4.98 Å². The largest absolute Gasteiger partial charge is 0.356 e. The summed E-state index contributed by atoms with van der Waals surface area (Å²) in [5, 5.41) is 8.19. The van der Waals surface area contributed by atoms with E-state index < -0.39 is 0 Å². The number of aryl methyl sites for hydroxylation is 2. The molecule has 0 fully saturated rings. The molecular weight excluding hydrogens is 286 g/mol. The van der Waals surface area contributed by atoms with Crippen molar-refractivity contribution in [2.24, 2.45) is 0 Å². The molecule has 3 aromatic rings. The Hall–Kier alpha value is -2.28. The van der Waals surface area contributed by atoms with Crippen LogP contribution in [0.15, 0.2) is 29.3 Å². The molecule has 0 unspecified atom stereocenters. The molecule has 3 rings (SSSR count). The van der Waals surface area contributed by atoms with Crippen molar-refractivity contribution in [3.05, 3.63) is 51.7 Å². The maximum absolute atomic E-state index is 11.9. The number of pyridine rings is 1. The number of rotatable bonds is 4. The van der Waals surface area contributed by atoms with Crippen LogP contribution in [-0.4, -0.2) is 19.6 Å². The maximum atomic E-state index is 11.9. The molecule has 0 aliphatic rings. The number of hydrogen-bond acceptors (Lipinski definition) is 6. The van der Waals surface area contributed by atoms with Crippen LogP contribution in [0.2, 0.25) is 0 Å². The number of aromatic nitrogens is 4. The van der Waals surface area contributed by atoms with Crippen LogP contribution in [0.25, 0.3) is 4.96 Å². The van der Waals surface area contributed by atoms with Gasteiger partial charge in [-0.15, -0.1) is 5.10 Å². The number of nitrogens with zero attached hydrogens (tertiary/aromatic N) is 4. The molecule has 0 aliphatic carbocycles. The molecular formula is C14H15N5OS. The summed E-state index contributed by atoms with van der Waals surface area (Å²) in [5.74, 6) is 0. The Morgan fingerprint density at radius 1 is 1.43 bits per heavy atom. The molecule has 3 aromatic heterocycles. The van der Waals surface area contributed by atoms with Crippen LogP contribution >= 0.6 is 11.3 Å². The zero-order valence-electron chi connectivity index (χ0n) is 11.8. The third-order valence-corrected chi connectivity index (χ3v) is 4.09. The zero-order chi connectivity index (χ0) is 14.8. The van der Waals surface area contributed by atoms with E-state index in [-0.39, 0.29) is 5.56 Å². The molecule has 0 saturated carbocycles. The van der Waals surface area contributed by atoms with E-state index in [1.807, 2.05) is 26.1 Å². The number of nitrogens with one attached hydrogen (secondary N) is 1. The van der Waals surface area contributed by atoms with E-state index in [1.54, 1.807) is 6.20 Å². The van der Waals surface area contributed by atoms with Crippen LogP contribution in [0.4, 0.5) is 5.13 Å². The molecule has 0 aromatic carbocycles. The van der Waals surface area contributed by atoms with Gasteiger partial charge in [0.2, 0.25) is 10.1 Å². The van der Waals surface area contributed by atoms with Crippen molar-refractivity contribution < 1.29 is 0 Å².